The zero-order chi connectivity index (χ0) is 10.1. The standard InChI is InChI=1S/C12H9NS2/c1-2-5-10-9(4-1)11(8-13-10)15-12-6-3-7-14-12/h1-8,13H. The van der Waals surface area contributed by atoms with E-state index in [1.54, 1.807) is 11.3 Å². The van der Waals surface area contributed by atoms with Crippen LogP contribution < -0.4 is 0 Å². The molecular weight excluding hydrogens is 222 g/mol. The van der Waals surface area contributed by atoms with Gasteiger partial charge in [-0.3, -0.25) is 0 Å². The van der Waals surface area contributed by atoms with E-state index in [1.165, 1.54) is 20.0 Å². The first kappa shape index (κ1) is 9.07. The van der Waals surface area contributed by atoms with E-state index < -0.39 is 0 Å². The number of fused-ring (bicyclic) bond motifs is 1. The van der Waals surface area contributed by atoms with Crippen molar-refractivity contribution in [3.8, 4) is 0 Å². The Hall–Kier alpha value is -1.19. The number of benzene rings is 1. The first-order valence-corrected chi connectivity index (χ1v) is 6.40. The van der Waals surface area contributed by atoms with Crippen LogP contribution in [0.3, 0.4) is 0 Å². The maximum atomic E-state index is 3.28. The Morgan fingerprint density at radius 1 is 1.07 bits per heavy atom. The summed E-state index contributed by atoms with van der Waals surface area (Å²) in [5.41, 5.74) is 1.21. The van der Waals surface area contributed by atoms with Gasteiger partial charge in [-0.1, -0.05) is 36.0 Å². The normalized spacial score (nSPS) is 10.9. The fourth-order valence-electron chi connectivity index (χ4n) is 1.56. The topological polar surface area (TPSA) is 15.8 Å². The van der Waals surface area contributed by atoms with Crippen LogP contribution in [0.4, 0.5) is 0 Å². The van der Waals surface area contributed by atoms with Gasteiger partial charge in [-0.2, -0.15) is 0 Å². The molecule has 15 heavy (non-hydrogen) atoms. The molecule has 2 heterocycles. The van der Waals surface area contributed by atoms with Crippen molar-refractivity contribution in [3.63, 3.8) is 0 Å². The average Bonchev–Trinajstić information content (AvgIpc) is 2.89. The molecule has 0 saturated heterocycles. The largest absolute Gasteiger partial charge is 0.360 e. The number of rotatable bonds is 2. The highest BCUT2D eigenvalue weighted by Crippen LogP contribution is 2.35. The van der Waals surface area contributed by atoms with Crippen LogP contribution in [-0.2, 0) is 0 Å². The summed E-state index contributed by atoms with van der Waals surface area (Å²) >= 11 is 3.60. The third-order valence-corrected chi connectivity index (χ3v) is 4.35. The molecular formula is C12H9NS2. The molecule has 74 valence electrons. The zero-order valence-corrected chi connectivity index (χ0v) is 9.57. The molecule has 0 bridgehead atoms. The van der Waals surface area contributed by atoms with E-state index in [0.717, 1.165) is 0 Å². The van der Waals surface area contributed by atoms with E-state index in [1.807, 2.05) is 11.8 Å². The molecule has 0 spiro atoms. The maximum Gasteiger partial charge on any atom is 0.0647 e. The number of aromatic nitrogens is 1. The molecule has 0 aliphatic rings. The monoisotopic (exact) mass is 231 g/mol. The Balaban J connectivity index is 2.05. The van der Waals surface area contributed by atoms with Gasteiger partial charge in [0.1, 0.15) is 0 Å². The summed E-state index contributed by atoms with van der Waals surface area (Å²) < 4.78 is 1.33. The molecule has 1 N–H and O–H groups in total. The summed E-state index contributed by atoms with van der Waals surface area (Å²) in [5.74, 6) is 0. The lowest BCUT2D eigenvalue weighted by molar-refractivity contribution is 1.41. The molecule has 0 atom stereocenters. The number of hydrogen-bond acceptors (Lipinski definition) is 2. The molecule has 0 unspecified atom stereocenters. The minimum atomic E-state index is 1.21. The van der Waals surface area contributed by atoms with Gasteiger partial charge in [-0.25, -0.2) is 0 Å². The summed E-state index contributed by atoms with van der Waals surface area (Å²) in [6, 6.07) is 12.6. The Kier molecular flexibility index (Phi) is 2.27. The highest BCUT2D eigenvalue weighted by atomic mass is 32.2. The first-order chi connectivity index (χ1) is 7.43. The van der Waals surface area contributed by atoms with E-state index >= 15 is 0 Å². The summed E-state index contributed by atoms with van der Waals surface area (Å²) in [4.78, 5) is 4.58. The fourth-order valence-corrected chi connectivity index (χ4v) is 3.41. The summed E-state index contributed by atoms with van der Waals surface area (Å²) in [6.07, 6.45) is 2.08. The second kappa shape index (κ2) is 3.76. The molecule has 3 aromatic rings. The third kappa shape index (κ3) is 1.68. The molecule has 0 radical (unpaired) electrons. The van der Waals surface area contributed by atoms with Crippen molar-refractivity contribution in [3.05, 3.63) is 48.0 Å². The molecule has 0 saturated carbocycles. The molecule has 0 aliphatic heterocycles. The molecule has 0 amide bonds. The molecule has 1 aromatic carbocycles. The number of hydrogen-bond donors (Lipinski definition) is 1. The van der Waals surface area contributed by atoms with Crippen molar-refractivity contribution in [2.24, 2.45) is 0 Å². The van der Waals surface area contributed by atoms with Crippen molar-refractivity contribution in [1.29, 1.82) is 0 Å². The van der Waals surface area contributed by atoms with Crippen LogP contribution in [0.15, 0.2) is 57.1 Å². The van der Waals surface area contributed by atoms with Gasteiger partial charge in [0, 0.05) is 22.0 Å². The smallest absolute Gasteiger partial charge is 0.0647 e. The fraction of sp³-hybridized carbons (Fsp3) is 0. The lowest BCUT2D eigenvalue weighted by atomic mass is 10.2. The summed E-state index contributed by atoms with van der Waals surface area (Å²) in [6.45, 7) is 0. The van der Waals surface area contributed by atoms with Gasteiger partial charge in [0.05, 0.1) is 4.21 Å². The SMILES string of the molecule is c1csc(Sc2c[nH]c3ccccc23)c1. The first-order valence-electron chi connectivity index (χ1n) is 4.71. The second-order valence-electron chi connectivity index (χ2n) is 3.23. The number of para-hydroxylation sites is 1. The van der Waals surface area contributed by atoms with E-state index in [4.69, 9.17) is 0 Å². The van der Waals surface area contributed by atoms with Crippen molar-refractivity contribution in [1.82, 2.24) is 4.98 Å². The lowest BCUT2D eigenvalue weighted by Gasteiger charge is -1.95. The van der Waals surface area contributed by atoms with E-state index in [9.17, 15) is 0 Å². The Morgan fingerprint density at radius 3 is 2.87 bits per heavy atom. The molecule has 3 rings (SSSR count). The third-order valence-electron chi connectivity index (χ3n) is 2.26. The van der Waals surface area contributed by atoms with Crippen LogP contribution in [0.5, 0.6) is 0 Å². The van der Waals surface area contributed by atoms with Crippen molar-refractivity contribution in [2.45, 2.75) is 9.10 Å². The predicted octanol–water partition coefficient (Wildman–Crippen LogP) is 4.38. The molecule has 0 fully saturated rings. The van der Waals surface area contributed by atoms with Gasteiger partial charge in [-0.15, -0.1) is 11.3 Å². The van der Waals surface area contributed by atoms with Gasteiger partial charge in [0.2, 0.25) is 0 Å². The number of thiophene rings is 1. The Labute approximate surface area is 96.1 Å². The zero-order valence-electron chi connectivity index (χ0n) is 7.94. The van der Waals surface area contributed by atoms with Crippen LogP contribution in [0.2, 0.25) is 0 Å². The van der Waals surface area contributed by atoms with Gasteiger partial charge in [-0.05, 0) is 17.5 Å². The van der Waals surface area contributed by atoms with Crippen LogP contribution in [0.25, 0.3) is 10.9 Å². The summed E-state index contributed by atoms with van der Waals surface area (Å²) in [5, 5.41) is 3.41. The van der Waals surface area contributed by atoms with Crippen LogP contribution >= 0.6 is 23.1 Å². The number of H-pyrrole nitrogens is 1. The van der Waals surface area contributed by atoms with E-state index in [2.05, 4.69) is 53.0 Å². The van der Waals surface area contributed by atoms with Gasteiger partial charge >= 0.3 is 0 Å². The highest BCUT2D eigenvalue weighted by molar-refractivity contribution is 8.01. The van der Waals surface area contributed by atoms with Crippen LogP contribution in [-0.4, -0.2) is 4.98 Å². The van der Waals surface area contributed by atoms with E-state index in [-0.39, 0.29) is 0 Å². The van der Waals surface area contributed by atoms with Crippen LogP contribution in [0, 0.1) is 0 Å². The second-order valence-corrected chi connectivity index (χ2v) is 5.52. The van der Waals surface area contributed by atoms with E-state index in [0.29, 0.717) is 0 Å². The molecule has 2 aromatic heterocycles. The minimum absolute atomic E-state index is 1.21. The molecule has 0 aliphatic carbocycles. The van der Waals surface area contributed by atoms with Crippen molar-refractivity contribution in [2.75, 3.05) is 0 Å². The molecule has 1 nitrogen and oxygen atoms in total. The van der Waals surface area contributed by atoms with Crippen molar-refractivity contribution < 1.29 is 0 Å². The highest BCUT2D eigenvalue weighted by Gasteiger charge is 2.04. The van der Waals surface area contributed by atoms with Gasteiger partial charge in [0.25, 0.3) is 0 Å². The van der Waals surface area contributed by atoms with Gasteiger partial charge in [0.15, 0.2) is 0 Å². The summed E-state index contributed by atoms with van der Waals surface area (Å²) in [7, 11) is 0. The maximum absolute atomic E-state index is 3.28. The number of nitrogens with one attached hydrogen (secondary N) is 1. The van der Waals surface area contributed by atoms with Gasteiger partial charge < -0.3 is 4.98 Å². The minimum Gasteiger partial charge on any atom is -0.360 e. The lowest BCUT2D eigenvalue weighted by Crippen LogP contribution is -1.66. The van der Waals surface area contributed by atoms with Crippen LogP contribution in [0.1, 0.15) is 0 Å². The Bertz CT molecular complexity index is 566. The molecule has 3 heteroatoms. The Morgan fingerprint density at radius 2 is 2.00 bits per heavy atom. The average molecular weight is 231 g/mol. The quantitative estimate of drug-likeness (QED) is 0.692. The predicted molar refractivity (Wildman–Crippen MR) is 66.7 cm³/mol. The number of aromatic amines is 1. The van der Waals surface area contributed by atoms with Crippen molar-refractivity contribution >= 4 is 34.0 Å².